The van der Waals surface area contributed by atoms with Gasteiger partial charge in [-0.2, -0.15) is 0 Å². The van der Waals surface area contributed by atoms with Crippen molar-refractivity contribution in [3.8, 4) is 0 Å². The molecule has 0 aliphatic carbocycles. The summed E-state index contributed by atoms with van der Waals surface area (Å²) < 4.78 is 2.07. The number of rotatable bonds is 32. The molecule has 0 saturated heterocycles. The van der Waals surface area contributed by atoms with Gasteiger partial charge in [-0.3, -0.25) is 9.59 Å². The number of thiophene rings is 2. The second-order valence-electron chi connectivity index (χ2n) is 16.1. The quantitative estimate of drug-likeness (QED) is 0.0417. The molecule has 2 aromatic heterocycles. The Kier molecular flexibility index (Phi) is 24.7. The van der Waals surface area contributed by atoms with Gasteiger partial charge in [-0.25, -0.2) is 0 Å². The molecule has 0 fully saturated rings. The Balaban J connectivity index is 2.04. The topological polar surface area (TPSA) is 40.6 Å². The molecule has 2 unspecified atom stereocenters. The zero-order chi connectivity index (χ0) is 39.8. The van der Waals surface area contributed by atoms with Crippen LogP contribution < -0.4 is 0 Å². The lowest BCUT2D eigenvalue weighted by molar-refractivity contribution is -0.123. The lowest BCUT2D eigenvalue weighted by Gasteiger charge is -2.29. The monoisotopic (exact) mass is 920 g/mol. The highest BCUT2D eigenvalue weighted by Gasteiger charge is 2.39. The first-order valence-electron chi connectivity index (χ1n) is 22.3. The maximum absolute atomic E-state index is 15.2. The molecule has 0 bridgehead atoms. The highest BCUT2D eigenvalue weighted by atomic mass is 79.9. The van der Waals surface area contributed by atoms with Gasteiger partial charge in [0.2, 0.25) is 6.41 Å². The van der Waals surface area contributed by atoms with E-state index in [-0.39, 0.29) is 5.91 Å². The molecular weight excluding hydrogens is 848 g/mol. The minimum Gasteiger partial charge on any atom is -0.313 e. The molecule has 0 saturated carbocycles. The summed E-state index contributed by atoms with van der Waals surface area (Å²) in [6.07, 6.45) is 30.8. The fraction of sp³-hybridized carbons (Fsp3) is 0.702. The minimum absolute atomic E-state index is 0.0559. The molecule has 2 atom stereocenters. The number of hydrogen-bond donors (Lipinski definition) is 0. The van der Waals surface area contributed by atoms with Crippen LogP contribution in [0.3, 0.4) is 0 Å². The number of nitrogens with zero attached hydrogens (tertiary/aromatic N) is 2. The van der Waals surface area contributed by atoms with E-state index in [0.29, 0.717) is 24.0 Å². The minimum atomic E-state index is 0.0559. The number of carbonyl (C=O) groups is 2. The summed E-state index contributed by atoms with van der Waals surface area (Å²) in [5, 5.41) is 0. The van der Waals surface area contributed by atoms with Gasteiger partial charge in [0.15, 0.2) is 0 Å². The van der Waals surface area contributed by atoms with Crippen LogP contribution in [0, 0.1) is 11.8 Å². The van der Waals surface area contributed by atoms with E-state index in [9.17, 15) is 4.79 Å². The van der Waals surface area contributed by atoms with Crippen molar-refractivity contribution in [3.05, 3.63) is 52.7 Å². The van der Waals surface area contributed by atoms with Crippen molar-refractivity contribution in [2.24, 2.45) is 11.8 Å². The van der Waals surface area contributed by atoms with Crippen molar-refractivity contribution in [2.75, 3.05) is 13.1 Å². The maximum Gasteiger partial charge on any atom is 0.260 e. The van der Waals surface area contributed by atoms with Crippen molar-refractivity contribution in [2.45, 2.75) is 189 Å². The molecule has 1 aliphatic heterocycles. The van der Waals surface area contributed by atoms with Crippen molar-refractivity contribution in [3.63, 3.8) is 0 Å². The summed E-state index contributed by atoms with van der Waals surface area (Å²) in [5.41, 5.74) is 3.51. The normalized spacial score (nSPS) is 15.3. The first-order chi connectivity index (χ1) is 26.8. The van der Waals surface area contributed by atoms with Gasteiger partial charge in [0.25, 0.3) is 5.91 Å². The van der Waals surface area contributed by atoms with Crippen LogP contribution in [0.4, 0.5) is 0 Å². The Labute approximate surface area is 361 Å². The third-order valence-corrected chi connectivity index (χ3v) is 14.7. The Morgan fingerprint density at radius 1 is 0.655 bits per heavy atom. The van der Waals surface area contributed by atoms with Gasteiger partial charge in [0.1, 0.15) is 0 Å². The molecule has 0 aromatic carbocycles. The summed E-state index contributed by atoms with van der Waals surface area (Å²) >= 11 is 10.8. The zero-order valence-electron chi connectivity index (χ0n) is 35.2. The first kappa shape index (κ1) is 48.2. The average molecular weight is 923 g/mol. The first-order valence-corrected chi connectivity index (χ1v) is 25.5. The van der Waals surface area contributed by atoms with Crippen molar-refractivity contribution in [1.82, 2.24) is 9.80 Å². The maximum atomic E-state index is 15.2. The fourth-order valence-electron chi connectivity index (χ4n) is 8.30. The van der Waals surface area contributed by atoms with Gasteiger partial charge >= 0.3 is 0 Å². The second kappa shape index (κ2) is 28.2. The van der Waals surface area contributed by atoms with Crippen LogP contribution >= 0.6 is 54.5 Å². The predicted molar refractivity (Wildman–Crippen MR) is 249 cm³/mol. The number of unbranched alkanes of at least 4 members (excludes halogenated alkanes) is 16. The van der Waals surface area contributed by atoms with Crippen LogP contribution in [-0.4, -0.2) is 35.2 Å². The lowest BCUT2D eigenvalue weighted by Crippen LogP contribution is -2.33. The van der Waals surface area contributed by atoms with Crippen LogP contribution in [0.1, 0.15) is 198 Å². The number of carbonyl (C=O) groups excluding carboxylic acids is 2. The Bertz CT molecular complexity index is 1450. The van der Waals surface area contributed by atoms with Crippen LogP contribution in [0.15, 0.2) is 43.0 Å². The smallest absolute Gasteiger partial charge is 0.260 e. The molecule has 3 rings (SSSR count). The van der Waals surface area contributed by atoms with E-state index < -0.39 is 0 Å². The summed E-state index contributed by atoms with van der Waals surface area (Å²) in [7, 11) is 0. The van der Waals surface area contributed by atoms with E-state index >= 15 is 4.79 Å². The average Bonchev–Trinajstić information content (AvgIpc) is 3.87. The zero-order valence-corrected chi connectivity index (χ0v) is 40.0. The number of hydrogen-bond acceptors (Lipinski definition) is 4. The van der Waals surface area contributed by atoms with Crippen LogP contribution in [0.5, 0.6) is 0 Å². The van der Waals surface area contributed by atoms with E-state index in [1.54, 1.807) is 22.7 Å². The van der Waals surface area contributed by atoms with Gasteiger partial charge in [0.05, 0.1) is 34.3 Å². The second-order valence-corrected chi connectivity index (χ2v) is 21.0. The molecule has 8 heteroatoms. The summed E-state index contributed by atoms with van der Waals surface area (Å²) in [6.45, 7) is 12.6. The lowest BCUT2D eigenvalue weighted by atomic mass is 9.93. The highest BCUT2D eigenvalue weighted by Crippen LogP contribution is 2.45. The van der Waals surface area contributed by atoms with E-state index in [2.05, 4.69) is 95.6 Å². The molecule has 3 heterocycles. The van der Waals surface area contributed by atoms with E-state index in [0.717, 1.165) is 72.9 Å². The molecular formula is C47H74Br2N2O2S2. The molecule has 0 radical (unpaired) electrons. The third kappa shape index (κ3) is 16.5. The van der Waals surface area contributed by atoms with E-state index in [4.69, 9.17) is 0 Å². The molecule has 1 aliphatic rings. The van der Waals surface area contributed by atoms with Gasteiger partial charge in [-0.05, 0) is 106 Å². The van der Waals surface area contributed by atoms with Gasteiger partial charge < -0.3 is 9.80 Å². The van der Waals surface area contributed by atoms with Crippen molar-refractivity contribution >= 4 is 78.2 Å². The molecule has 55 heavy (non-hydrogen) atoms. The largest absolute Gasteiger partial charge is 0.313 e. The molecule has 0 N–H and O–H groups in total. The highest BCUT2D eigenvalue weighted by molar-refractivity contribution is 9.11. The fourth-order valence-corrected chi connectivity index (χ4v) is 11.3. The van der Waals surface area contributed by atoms with Crippen LogP contribution in [0.2, 0.25) is 0 Å². The summed E-state index contributed by atoms with van der Waals surface area (Å²) in [4.78, 5) is 34.7. The Hall–Kier alpha value is -1.22. The van der Waals surface area contributed by atoms with Crippen LogP contribution in [-0.2, 0) is 9.59 Å². The number of amides is 2. The molecule has 0 spiro atoms. The van der Waals surface area contributed by atoms with E-state index in [1.165, 1.54) is 128 Å². The van der Waals surface area contributed by atoms with Crippen LogP contribution in [0.25, 0.3) is 11.4 Å². The summed E-state index contributed by atoms with van der Waals surface area (Å²) in [5.74, 6) is 0.908. The predicted octanol–water partition coefficient (Wildman–Crippen LogP) is 16.5. The Morgan fingerprint density at radius 3 is 1.56 bits per heavy atom. The Morgan fingerprint density at radius 2 is 1.11 bits per heavy atom. The third-order valence-electron chi connectivity index (χ3n) is 11.5. The summed E-state index contributed by atoms with van der Waals surface area (Å²) in [6, 6.07) is 8.41. The molecule has 2 amide bonds. The molecule has 310 valence electrons. The van der Waals surface area contributed by atoms with Gasteiger partial charge in [-0.15, -0.1) is 22.7 Å². The number of halogens is 2. The SMILES string of the molecule is CCCCCCCCC(CCCCCC)CN1C(=O)/C(=C(\c2ccc(Br)s2)N(C=O)CC(CCCCCC)CCCCCCCC)C(C)=C1c1ccc(Br)s1. The molecule has 2 aromatic rings. The van der Waals surface area contributed by atoms with Crippen molar-refractivity contribution in [1.29, 1.82) is 0 Å². The van der Waals surface area contributed by atoms with E-state index in [1.807, 2.05) is 4.90 Å². The molecule has 4 nitrogen and oxygen atoms in total. The van der Waals surface area contributed by atoms with Gasteiger partial charge in [-0.1, -0.05) is 156 Å². The van der Waals surface area contributed by atoms with Crippen molar-refractivity contribution < 1.29 is 9.59 Å². The standard InChI is InChI=1S/C47H74Br2N2O2S2/c1-6-10-14-18-20-24-27-38(26-22-16-12-8-3)34-50(36-52)46(41-31-33-43(49)55-41)44-37(5)45(40-30-32-42(48)54-40)51(47(44)53)35-39(28-23-17-13-9-4)29-25-21-19-15-11-7-2/h30-33,36,38-39H,6-29,34-35H2,1-5H3/b46-44+. The van der Waals surface area contributed by atoms with Gasteiger partial charge in [0, 0.05) is 13.1 Å².